The molecule has 2 aliphatic carbocycles. The van der Waals surface area contributed by atoms with E-state index in [1.54, 1.807) is 0 Å². The molecule has 0 spiro atoms. The second kappa shape index (κ2) is 15.0. The summed E-state index contributed by atoms with van der Waals surface area (Å²) in [6.07, 6.45) is 4.63. The Balaban J connectivity index is 1.33. The number of rotatable bonds is 3. The predicted octanol–water partition coefficient (Wildman–Crippen LogP) is 16.8. The van der Waals surface area contributed by atoms with E-state index in [0.717, 1.165) is 35.2 Å². The topological polar surface area (TPSA) is 19.6 Å². The first-order valence-electron chi connectivity index (χ1n) is 26.5. The van der Waals surface area contributed by atoms with Gasteiger partial charge in [0.2, 0.25) is 0 Å². The Morgan fingerprint density at radius 1 is 0.471 bits per heavy atom. The fourth-order valence-electron chi connectivity index (χ4n) is 12.9. The molecule has 6 aromatic carbocycles. The van der Waals surface area contributed by atoms with Crippen molar-refractivity contribution in [2.75, 3.05) is 9.80 Å². The van der Waals surface area contributed by atoms with Crippen molar-refractivity contribution in [1.82, 2.24) is 0 Å². The molecule has 0 radical (unpaired) electrons. The third-order valence-electron chi connectivity index (χ3n) is 17.6. The third-order valence-corrected chi connectivity index (χ3v) is 17.6. The molecule has 0 N–H and O–H groups in total. The van der Waals surface area contributed by atoms with E-state index >= 15 is 0 Å². The van der Waals surface area contributed by atoms with Crippen molar-refractivity contribution < 1.29 is 4.42 Å². The van der Waals surface area contributed by atoms with Crippen LogP contribution in [0.5, 0.6) is 0 Å². The van der Waals surface area contributed by atoms with Crippen molar-refractivity contribution >= 4 is 68.4 Å². The Labute approximate surface area is 421 Å². The van der Waals surface area contributed by atoms with E-state index in [4.69, 9.17) is 4.42 Å². The van der Waals surface area contributed by atoms with Crippen LogP contribution in [0.15, 0.2) is 114 Å². The van der Waals surface area contributed by atoms with Crippen molar-refractivity contribution in [3.63, 3.8) is 0 Å². The molecule has 7 aromatic rings. The third kappa shape index (κ3) is 7.10. The van der Waals surface area contributed by atoms with Gasteiger partial charge < -0.3 is 14.2 Å². The zero-order valence-corrected chi connectivity index (χ0v) is 45.6. The maximum atomic E-state index is 7.58. The highest BCUT2D eigenvalue weighted by Gasteiger charge is 2.51. The lowest BCUT2D eigenvalue weighted by molar-refractivity contribution is 0.331. The predicted molar refractivity (Wildman–Crippen MR) is 302 cm³/mol. The molecule has 0 amide bonds. The fourth-order valence-corrected chi connectivity index (χ4v) is 12.9. The minimum Gasteiger partial charge on any atom is -0.468 e. The number of anilines is 6. The Bertz CT molecular complexity index is 3280. The van der Waals surface area contributed by atoms with E-state index in [0.29, 0.717) is 0 Å². The molecule has 360 valence electrons. The van der Waals surface area contributed by atoms with Crippen molar-refractivity contribution in [1.29, 1.82) is 0 Å². The molecule has 0 atom stereocenters. The molecule has 0 bridgehead atoms. The standard InChI is InChI=1S/C66H77BN2O/c1-60(2,3)41-23-29-51(45(35-41)40-21-19-18-20-22-40)69-53-38-43(62(7,8)9)37-52-56(53)67(59-57(69)46-36-42(61(4,5)6)24-30-54(46)70-59)50-28-27-48-55(66(16,17)34-33-64(48,12)13)58(50)68(52)44-25-26-47-49(39-44)65(14,15)32-31-63(47,10)11/h18-30,35-39H,31-34H2,1-17H3. The molecular formula is C66H77BN2O. The average Bonchev–Trinajstić information content (AvgIpc) is 3.67. The van der Waals surface area contributed by atoms with Crippen LogP contribution in [0, 0.1) is 0 Å². The molecular weight excluding hydrogens is 848 g/mol. The van der Waals surface area contributed by atoms with Gasteiger partial charge in [0.05, 0.1) is 17.0 Å². The Kier molecular flexibility index (Phi) is 10.1. The minimum atomic E-state index is -0.158. The van der Waals surface area contributed by atoms with Gasteiger partial charge >= 0.3 is 0 Å². The number of hydrogen-bond donors (Lipinski definition) is 0. The molecule has 70 heavy (non-hydrogen) atoms. The SMILES string of the molecule is CC(C)(C)c1ccc(N2c3cc(C(C)(C)C)cc4c3B(c3ccc5c(c3N4c3ccc4c(c3)C(C)(C)CCC4(C)C)C(C)(C)CCC5(C)C)c3oc4ccc(C(C)(C)C)cc4c32)c(-c2ccccc2)c1. The number of furan rings is 1. The van der Waals surface area contributed by atoms with Crippen molar-refractivity contribution in [2.24, 2.45) is 0 Å². The zero-order valence-electron chi connectivity index (χ0n) is 45.6. The van der Waals surface area contributed by atoms with Gasteiger partial charge in [0.25, 0.3) is 6.71 Å². The number of fused-ring (bicyclic) bond motifs is 9. The minimum absolute atomic E-state index is 0.0242. The van der Waals surface area contributed by atoms with Crippen LogP contribution in [0.25, 0.3) is 22.1 Å². The normalized spacial score (nSPS) is 18.5. The van der Waals surface area contributed by atoms with Gasteiger partial charge in [0, 0.05) is 33.7 Å². The van der Waals surface area contributed by atoms with Crippen LogP contribution < -0.4 is 26.4 Å². The molecule has 3 heterocycles. The lowest BCUT2D eigenvalue weighted by Crippen LogP contribution is -2.62. The molecule has 3 nitrogen and oxygen atoms in total. The van der Waals surface area contributed by atoms with Crippen LogP contribution in [-0.4, -0.2) is 6.71 Å². The van der Waals surface area contributed by atoms with Crippen LogP contribution in [0.1, 0.15) is 182 Å². The van der Waals surface area contributed by atoms with Gasteiger partial charge in [-0.15, -0.1) is 0 Å². The monoisotopic (exact) mass is 925 g/mol. The molecule has 1 aromatic heterocycles. The summed E-state index contributed by atoms with van der Waals surface area (Å²) in [7, 11) is 0. The van der Waals surface area contributed by atoms with E-state index in [2.05, 4.69) is 237 Å². The Morgan fingerprint density at radius 2 is 1.03 bits per heavy atom. The summed E-state index contributed by atoms with van der Waals surface area (Å²) >= 11 is 0. The van der Waals surface area contributed by atoms with E-state index in [9.17, 15) is 0 Å². The quantitative estimate of drug-likeness (QED) is 0.165. The first-order chi connectivity index (χ1) is 32.6. The van der Waals surface area contributed by atoms with Gasteiger partial charge in [-0.25, -0.2) is 0 Å². The lowest BCUT2D eigenvalue weighted by Gasteiger charge is -2.49. The summed E-state index contributed by atoms with van der Waals surface area (Å²) in [5.41, 5.74) is 24.2. The fraction of sp³-hybridized carbons (Fsp3) is 0.424. The van der Waals surface area contributed by atoms with E-state index in [1.165, 1.54) is 102 Å². The largest absolute Gasteiger partial charge is 0.468 e. The van der Waals surface area contributed by atoms with Gasteiger partial charge in [-0.1, -0.05) is 178 Å². The Morgan fingerprint density at radius 3 is 1.67 bits per heavy atom. The van der Waals surface area contributed by atoms with Crippen LogP contribution >= 0.6 is 0 Å². The van der Waals surface area contributed by atoms with Gasteiger partial charge in [-0.3, -0.25) is 0 Å². The van der Waals surface area contributed by atoms with Crippen LogP contribution in [0.3, 0.4) is 0 Å². The van der Waals surface area contributed by atoms with Crippen LogP contribution in [0.2, 0.25) is 0 Å². The summed E-state index contributed by atoms with van der Waals surface area (Å²) in [5.74, 6) is 0. The van der Waals surface area contributed by atoms with Gasteiger partial charge in [0.15, 0.2) is 0 Å². The second-order valence-corrected chi connectivity index (χ2v) is 27.6. The number of nitrogens with zero attached hydrogens (tertiary/aromatic N) is 2. The van der Waals surface area contributed by atoms with Gasteiger partial charge in [-0.05, 0) is 168 Å². The van der Waals surface area contributed by atoms with E-state index in [1.807, 2.05) is 0 Å². The smallest absolute Gasteiger partial charge is 0.297 e. The molecule has 0 saturated carbocycles. The maximum absolute atomic E-state index is 7.58. The average molecular weight is 925 g/mol. The number of benzene rings is 6. The number of hydrogen-bond acceptors (Lipinski definition) is 3. The molecule has 4 aliphatic rings. The maximum Gasteiger partial charge on any atom is 0.297 e. The highest BCUT2D eigenvalue weighted by atomic mass is 16.3. The summed E-state index contributed by atoms with van der Waals surface area (Å²) < 4.78 is 7.58. The summed E-state index contributed by atoms with van der Waals surface area (Å²) in [4.78, 5) is 5.39. The van der Waals surface area contributed by atoms with Crippen molar-refractivity contribution in [2.45, 2.75) is 181 Å². The van der Waals surface area contributed by atoms with Crippen LogP contribution in [0.4, 0.5) is 34.1 Å². The summed E-state index contributed by atoms with van der Waals surface area (Å²) in [5, 5.41) is 1.16. The van der Waals surface area contributed by atoms with Crippen molar-refractivity contribution in [3.05, 3.63) is 148 Å². The molecule has 0 fully saturated rings. The van der Waals surface area contributed by atoms with Crippen molar-refractivity contribution in [3.8, 4) is 11.1 Å². The van der Waals surface area contributed by atoms with E-state index in [-0.39, 0.29) is 44.6 Å². The molecule has 11 rings (SSSR count). The first-order valence-corrected chi connectivity index (χ1v) is 26.5. The highest BCUT2D eigenvalue weighted by Crippen LogP contribution is 2.57. The lowest BCUT2D eigenvalue weighted by atomic mass is 9.34. The van der Waals surface area contributed by atoms with Gasteiger partial charge in [0.1, 0.15) is 5.58 Å². The second-order valence-electron chi connectivity index (χ2n) is 27.6. The molecule has 2 aliphatic heterocycles. The van der Waals surface area contributed by atoms with E-state index < -0.39 is 0 Å². The molecule has 4 heteroatoms. The molecule has 0 unspecified atom stereocenters. The zero-order chi connectivity index (χ0) is 50.0. The highest BCUT2D eigenvalue weighted by molar-refractivity contribution is 7.00. The van der Waals surface area contributed by atoms with Crippen LogP contribution in [-0.2, 0) is 37.9 Å². The van der Waals surface area contributed by atoms with Gasteiger partial charge in [-0.2, -0.15) is 0 Å². The Hall–Kier alpha value is -5.48. The first kappa shape index (κ1) is 46.9. The summed E-state index contributed by atoms with van der Waals surface area (Å²) in [6.45, 7) is 40.9. The molecule has 0 saturated heterocycles. The summed E-state index contributed by atoms with van der Waals surface area (Å²) in [6, 6.07) is 43.1.